The lowest BCUT2D eigenvalue weighted by molar-refractivity contribution is -0.115. The van der Waals surface area contributed by atoms with Crippen molar-refractivity contribution < 1.29 is 37.0 Å². The zero-order valence-electron chi connectivity index (χ0n) is 17.8. The summed E-state index contributed by atoms with van der Waals surface area (Å²) in [7, 11) is -2.47. The summed E-state index contributed by atoms with van der Waals surface area (Å²) in [6.45, 7) is 0.850. The number of nitrogens with one attached hydrogen (secondary N) is 2. The van der Waals surface area contributed by atoms with E-state index in [4.69, 9.17) is 18.9 Å². The largest absolute Gasteiger partial charge is 0.495 e. The molecular weight excluding hydrogens is 454 g/mol. The van der Waals surface area contributed by atoms with Gasteiger partial charge in [0, 0.05) is 24.3 Å². The van der Waals surface area contributed by atoms with E-state index < -0.39 is 21.8 Å². The Kier molecular flexibility index (Phi) is 6.67. The normalized spacial score (nSPS) is 15.7. The number of ether oxygens (including phenoxy) is 4. The molecule has 0 spiro atoms. The predicted octanol–water partition coefficient (Wildman–Crippen LogP) is 0.813. The van der Waals surface area contributed by atoms with Crippen molar-refractivity contribution in [2.24, 2.45) is 0 Å². The van der Waals surface area contributed by atoms with Crippen LogP contribution in [0, 0.1) is 0 Å². The average Bonchev–Trinajstić information content (AvgIpc) is 3.31. The zero-order chi connectivity index (χ0) is 23.4. The number of hydrogen-bond acceptors (Lipinski definition) is 8. The van der Waals surface area contributed by atoms with Crippen LogP contribution >= 0.6 is 0 Å². The van der Waals surface area contributed by atoms with Gasteiger partial charge in [-0.15, -0.1) is 0 Å². The average molecular weight is 477 g/mol. The van der Waals surface area contributed by atoms with Crippen LogP contribution in [0.4, 0.5) is 5.69 Å². The highest BCUT2D eigenvalue weighted by Crippen LogP contribution is 2.32. The van der Waals surface area contributed by atoms with Gasteiger partial charge in [-0.05, 0) is 36.4 Å². The maximum atomic E-state index is 13.1. The van der Waals surface area contributed by atoms with Gasteiger partial charge in [0.2, 0.25) is 22.7 Å². The number of amides is 2. The summed E-state index contributed by atoms with van der Waals surface area (Å²) in [5, 5.41) is 5.11. The highest BCUT2D eigenvalue weighted by molar-refractivity contribution is 7.89. The van der Waals surface area contributed by atoms with E-state index in [9.17, 15) is 18.0 Å². The van der Waals surface area contributed by atoms with Crippen LogP contribution in [0.15, 0.2) is 41.3 Å². The molecule has 0 radical (unpaired) electrons. The van der Waals surface area contributed by atoms with Crippen LogP contribution < -0.4 is 24.8 Å². The molecule has 0 aliphatic carbocycles. The van der Waals surface area contributed by atoms with Gasteiger partial charge in [-0.25, -0.2) is 8.42 Å². The van der Waals surface area contributed by atoms with Crippen LogP contribution in [-0.4, -0.2) is 71.3 Å². The molecule has 2 heterocycles. The molecule has 1 fully saturated rings. The third-order valence-electron chi connectivity index (χ3n) is 5.08. The molecule has 2 amide bonds. The first-order valence-corrected chi connectivity index (χ1v) is 11.6. The molecule has 2 aliphatic rings. The number of rotatable bonds is 7. The number of carbonyl (C=O) groups excluding carboxylic acids is 2. The fourth-order valence-corrected chi connectivity index (χ4v) is 4.98. The molecular formula is C21H23N3O8S. The molecule has 11 nitrogen and oxygen atoms in total. The Balaban J connectivity index is 1.41. The molecule has 2 aliphatic heterocycles. The highest BCUT2D eigenvalue weighted by Gasteiger charge is 2.29. The molecule has 0 bridgehead atoms. The van der Waals surface area contributed by atoms with Crippen molar-refractivity contribution in [3.8, 4) is 17.2 Å². The van der Waals surface area contributed by atoms with Crippen LogP contribution in [0.2, 0.25) is 0 Å². The second kappa shape index (κ2) is 9.65. The first-order chi connectivity index (χ1) is 15.9. The van der Waals surface area contributed by atoms with Gasteiger partial charge < -0.3 is 29.6 Å². The topological polar surface area (TPSA) is 132 Å². The second-order valence-corrected chi connectivity index (χ2v) is 9.09. The van der Waals surface area contributed by atoms with Gasteiger partial charge in [0.15, 0.2) is 11.5 Å². The maximum absolute atomic E-state index is 13.1. The summed E-state index contributed by atoms with van der Waals surface area (Å²) in [6.07, 6.45) is 0. The fourth-order valence-electron chi connectivity index (χ4n) is 3.39. The fraction of sp³-hybridized carbons (Fsp3) is 0.333. The standard InChI is InChI=1S/C21H23N3O8S/c1-29-17-5-3-15(11-19(17)33(27,28)24-6-8-30-9-7-24)23-20(25)12-22-21(26)14-2-4-16-18(10-14)32-13-31-16/h2-5,10-11H,6-9,12-13H2,1H3,(H,22,26)(H,23,25). The van der Waals surface area contributed by atoms with E-state index in [0.29, 0.717) is 30.3 Å². The number of hydrogen-bond donors (Lipinski definition) is 2. The molecule has 4 rings (SSSR count). The number of sulfonamides is 1. The smallest absolute Gasteiger partial charge is 0.251 e. The molecule has 1 saturated heterocycles. The van der Waals surface area contributed by atoms with Crippen molar-refractivity contribution in [3.05, 3.63) is 42.0 Å². The van der Waals surface area contributed by atoms with E-state index in [1.807, 2.05) is 0 Å². The third kappa shape index (κ3) is 5.02. The van der Waals surface area contributed by atoms with Crippen molar-refractivity contribution in [3.63, 3.8) is 0 Å². The van der Waals surface area contributed by atoms with Gasteiger partial charge in [-0.1, -0.05) is 0 Å². The Labute approximate surface area is 190 Å². The lowest BCUT2D eigenvalue weighted by atomic mass is 10.2. The molecule has 2 N–H and O–H groups in total. The summed E-state index contributed by atoms with van der Waals surface area (Å²) in [5.41, 5.74) is 0.570. The number of methoxy groups -OCH3 is 1. The van der Waals surface area contributed by atoms with Crippen LogP contribution in [0.5, 0.6) is 17.2 Å². The van der Waals surface area contributed by atoms with Crippen molar-refractivity contribution in [1.29, 1.82) is 0 Å². The van der Waals surface area contributed by atoms with Crippen LogP contribution in [0.3, 0.4) is 0 Å². The van der Waals surface area contributed by atoms with Gasteiger partial charge in [0.25, 0.3) is 5.91 Å². The Morgan fingerprint density at radius 3 is 2.58 bits per heavy atom. The molecule has 0 saturated carbocycles. The summed E-state index contributed by atoms with van der Waals surface area (Å²) >= 11 is 0. The molecule has 2 aromatic carbocycles. The van der Waals surface area contributed by atoms with E-state index in [1.165, 1.54) is 35.7 Å². The predicted molar refractivity (Wildman–Crippen MR) is 116 cm³/mol. The number of morpholine rings is 1. The monoisotopic (exact) mass is 477 g/mol. The Bertz CT molecular complexity index is 1160. The SMILES string of the molecule is COc1ccc(NC(=O)CNC(=O)c2ccc3c(c2)OCO3)cc1S(=O)(=O)N1CCOCC1. The van der Waals surface area contributed by atoms with E-state index in [0.717, 1.165) is 0 Å². The van der Waals surface area contributed by atoms with E-state index >= 15 is 0 Å². The number of fused-ring (bicyclic) bond motifs is 1. The minimum atomic E-state index is -3.84. The molecule has 33 heavy (non-hydrogen) atoms. The quantitative estimate of drug-likeness (QED) is 0.599. The summed E-state index contributed by atoms with van der Waals surface area (Å²) in [6, 6.07) is 9.03. The van der Waals surface area contributed by atoms with E-state index in [2.05, 4.69) is 10.6 Å². The molecule has 0 unspecified atom stereocenters. The Hall–Kier alpha value is -3.35. The number of carbonyl (C=O) groups is 2. The lowest BCUT2D eigenvalue weighted by Gasteiger charge is -2.26. The van der Waals surface area contributed by atoms with E-state index in [-0.39, 0.29) is 42.8 Å². The van der Waals surface area contributed by atoms with E-state index in [1.54, 1.807) is 12.1 Å². The zero-order valence-corrected chi connectivity index (χ0v) is 18.6. The molecule has 0 atom stereocenters. The summed E-state index contributed by atoms with van der Waals surface area (Å²) in [5.74, 6) is 0.180. The van der Waals surface area contributed by atoms with Gasteiger partial charge in [0.05, 0.1) is 26.9 Å². The maximum Gasteiger partial charge on any atom is 0.251 e. The van der Waals surface area contributed by atoms with Crippen molar-refractivity contribution >= 4 is 27.5 Å². The first kappa shape index (κ1) is 22.8. The number of benzene rings is 2. The minimum absolute atomic E-state index is 0.0610. The van der Waals surface area contributed by atoms with Crippen molar-refractivity contribution in [1.82, 2.24) is 9.62 Å². The third-order valence-corrected chi connectivity index (χ3v) is 7.00. The van der Waals surface area contributed by atoms with Gasteiger partial charge in [-0.2, -0.15) is 4.31 Å². The van der Waals surface area contributed by atoms with Crippen molar-refractivity contribution in [2.45, 2.75) is 4.90 Å². The van der Waals surface area contributed by atoms with Crippen LogP contribution in [0.1, 0.15) is 10.4 Å². The van der Waals surface area contributed by atoms with Gasteiger partial charge >= 0.3 is 0 Å². The van der Waals surface area contributed by atoms with Crippen LogP contribution in [-0.2, 0) is 19.6 Å². The van der Waals surface area contributed by atoms with Crippen molar-refractivity contribution in [2.75, 3.05) is 52.1 Å². The number of nitrogens with zero attached hydrogens (tertiary/aromatic N) is 1. The number of anilines is 1. The molecule has 176 valence electrons. The molecule has 2 aromatic rings. The Morgan fingerprint density at radius 1 is 1.06 bits per heavy atom. The van der Waals surface area contributed by atoms with Crippen LogP contribution in [0.25, 0.3) is 0 Å². The first-order valence-electron chi connectivity index (χ1n) is 10.1. The minimum Gasteiger partial charge on any atom is -0.495 e. The molecule has 0 aromatic heterocycles. The highest BCUT2D eigenvalue weighted by atomic mass is 32.2. The summed E-state index contributed by atoms with van der Waals surface area (Å²) < 4.78 is 48.3. The molecule has 12 heteroatoms. The Morgan fingerprint density at radius 2 is 1.82 bits per heavy atom. The van der Waals surface area contributed by atoms with Gasteiger partial charge in [0.1, 0.15) is 10.6 Å². The second-order valence-electron chi connectivity index (χ2n) is 7.18. The van der Waals surface area contributed by atoms with Gasteiger partial charge in [-0.3, -0.25) is 9.59 Å². The lowest BCUT2D eigenvalue weighted by Crippen LogP contribution is -2.40. The summed E-state index contributed by atoms with van der Waals surface area (Å²) in [4.78, 5) is 24.7.